The molecule has 25 heavy (non-hydrogen) atoms. The molecule has 1 aliphatic rings. The summed E-state index contributed by atoms with van der Waals surface area (Å²) < 4.78 is 3.29. The average molecular weight is 392 g/mol. The summed E-state index contributed by atoms with van der Waals surface area (Å²) in [6.45, 7) is 2.76. The number of allylic oxidation sites excluding steroid dienone is 2. The minimum absolute atomic E-state index is 0.146. The molecular formula is C18H21N3OS3. The van der Waals surface area contributed by atoms with Gasteiger partial charge >= 0.3 is 0 Å². The Balaban J connectivity index is 1.66. The standard InChI is InChI=1S/C18H21N3OS3/c1-2-20(14-9-5-3-6-10-14)16(22)13-24-17-19-21(18(23)25-17)15-11-7-4-8-12-15/h4,7-9,11-12H,2-3,5-6,10,13H2,1H3. The van der Waals surface area contributed by atoms with Crippen molar-refractivity contribution < 1.29 is 4.79 Å². The van der Waals surface area contributed by atoms with Crippen LogP contribution in [0.2, 0.25) is 0 Å². The Bertz CT molecular complexity index is 810. The molecule has 0 aliphatic heterocycles. The third-order valence-corrected chi connectivity index (χ3v) is 6.43. The molecule has 0 spiro atoms. The van der Waals surface area contributed by atoms with Gasteiger partial charge in [0.05, 0.1) is 11.4 Å². The summed E-state index contributed by atoms with van der Waals surface area (Å²) in [5.74, 6) is 0.537. The number of nitrogens with zero attached hydrogens (tertiary/aromatic N) is 3. The highest BCUT2D eigenvalue weighted by Gasteiger charge is 2.18. The molecule has 2 aromatic rings. The molecule has 1 aliphatic carbocycles. The first-order valence-electron chi connectivity index (χ1n) is 8.47. The zero-order valence-corrected chi connectivity index (χ0v) is 16.6. The lowest BCUT2D eigenvalue weighted by atomic mass is 10.0. The number of thioether (sulfide) groups is 1. The van der Waals surface area contributed by atoms with E-state index in [2.05, 4.69) is 11.2 Å². The first-order chi connectivity index (χ1) is 12.2. The Morgan fingerprint density at radius 1 is 1.36 bits per heavy atom. The fraction of sp³-hybridized carbons (Fsp3) is 0.389. The second kappa shape index (κ2) is 8.78. The largest absolute Gasteiger partial charge is 0.316 e. The zero-order chi connectivity index (χ0) is 17.6. The van der Waals surface area contributed by atoms with Gasteiger partial charge in [0.15, 0.2) is 8.29 Å². The second-order valence-corrected chi connectivity index (χ2v) is 8.59. The van der Waals surface area contributed by atoms with E-state index < -0.39 is 0 Å². The molecule has 4 nitrogen and oxygen atoms in total. The fourth-order valence-corrected chi connectivity index (χ4v) is 5.10. The van der Waals surface area contributed by atoms with Gasteiger partial charge in [-0.15, -0.1) is 5.10 Å². The van der Waals surface area contributed by atoms with Crippen LogP contribution in [0.4, 0.5) is 0 Å². The van der Waals surface area contributed by atoms with Crippen LogP contribution in [0, 0.1) is 3.95 Å². The first-order valence-corrected chi connectivity index (χ1v) is 10.7. The van der Waals surface area contributed by atoms with Crippen LogP contribution in [0.15, 0.2) is 46.4 Å². The molecule has 0 saturated heterocycles. The van der Waals surface area contributed by atoms with Gasteiger partial charge in [-0.05, 0) is 57.0 Å². The third kappa shape index (κ3) is 4.59. The quantitative estimate of drug-likeness (QED) is 0.509. The second-order valence-electron chi connectivity index (χ2n) is 5.75. The summed E-state index contributed by atoms with van der Waals surface area (Å²) >= 11 is 8.33. The van der Waals surface area contributed by atoms with E-state index in [9.17, 15) is 4.79 Å². The summed E-state index contributed by atoms with van der Waals surface area (Å²) in [7, 11) is 0. The Morgan fingerprint density at radius 3 is 2.84 bits per heavy atom. The number of hydrogen-bond donors (Lipinski definition) is 0. The minimum atomic E-state index is 0.146. The first kappa shape index (κ1) is 18.4. The smallest absolute Gasteiger partial charge is 0.237 e. The molecule has 1 aromatic heterocycles. The van der Waals surface area contributed by atoms with E-state index in [1.165, 1.54) is 41.6 Å². The molecule has 0 radical (unpaired) electrons. The van der Waals surface area contributed by atoms with Crippen molar-refractivity contribution in [2.75, 3.05) is 12.3 Å². The molecular weight excluding hydrogens is 370 g/mol. The Kier molecular flexibility index (Phi) is 6.45. The third-order valence-electron chi connectivity index (χ3n) is 4.08. The van der Waals surface area contributed by atoms with Gasteiger partial charge in [0.2, 0.25) is 5.91 Å². The maximum absolute atomic E-state index is 12.6. The Morgan fingerprint density at radius 2 is 2.16 bits per heavy atom. The number of hydrogen-bond acceptors (Lipinski definition) is 5. The van der Waals surface area contributed by atoms with Gasteiger partial charge < -0.3 is 4.90 Å². The maximum Gasteiger partial charge on any atom is 0.237 e. The van der Waals surface area contributed by atoms with Gasteiger partial charge in [-0.3, -0.25) is 4.79 Å². The van der Waals surface area contributed by atoms with Crippen LogP contribution in [0.3, 0.4) is 0 Å². The molecule has 0 fully saturated rings. The number of rotatable bonds is 6. The predicted octanol–water partition coefficient (Wildman–Crippen LogP) is 5.06. The normalized spacial score (nSPS) is 14.2. The number of aromatic nitrogens is 2. The van der Waals surface area contributed by atoms with Crippen LogP contribution >= 0.6 is 35.3 Å². The van der Waals surface area contributed by atoms with Gasteiger partial charge in [-0.25, -0.2) is 4.68 Å². The van der Waals surface area contributed by atoms with Crippen LogP contribution in [0.1, 0.15) is 32.6 Å². The van der Waals surface area contributed by atoms with Gasteiger partial charge in [0.1, 0.15) is 0 Å². The van der Waals surface area contributed by atoms with Crippen LogP contribution in [-0.4, -0.2) is 32.9 Å². The van der Waals surface area contributed by atoms with Crippen molar-refractivity contribution in [2.24, 2.45) is 0 Å². The van der Waals surface area contributed by atoms with E-state index in [-0.39, 0.29) is 5.91 Å². The lowest BCUT2D eigenvalue weighted by molar-refractivity contribution is -0.126. The lowest BCUT2D eigenvalue weighted by Crippen LogP contribution is -2.32. The van der Waals surface area contributed by atoms with E-state index in [0.29, 0.717) is 9.71 Å². The molecule has 7 heteroatoms. The van der Waals surface area contributed by atoms with Gasteiger partial charge in [-0.1, -0.05) is 47.4 Å². The fourth-order valence-electron chi connectivity index (χ4n) is 2.86. The summed E-state index contributed by atoms with van der Waals surface area (Å²) in [4.78, 5) is 14.5. The van der Waals surface area contributed by atoms with Crippen molar-refractivity contribution in [1.82, 2.24) is 14.7 Å². The van der Waals surface area contributed by atoms with Crippen LogP contribution in [0.5, 0.6) is 0 Å². The molecule has 0 saturated carbocycles. The highest BCUT2D eigenvalue weighted by molar-refractivity contribution is 8.01. The van der Waals surface area contributed by atoms with Gasteiger partial charge in [-0.2, -0.15) is 0 Å². The zero-order valence-electron chi connectivity index (χ0n) is 14.2. The predicted molar refractivity (Wildman–Crippen MR) is 107 cm³/mol. The van der Waals surface area contributed by atoms with E-state index in [1.807, 2.05) is 42.2 Å². The van der Waals surface area contributed by atoms with Crippen molar-refractivity contribution in [1.29, 1.82) is 0 Å². The number of amides is 1. The van der Waals surface area contributed by atoms with Crippen molar-refractivity contribution in [2.45, 2.75) is 36.9 Å². The number of carbonyl (C=O) groups is 1. The van der Waals surface area contributed by atoms with Crippen LogP contribution in [0.25, 0.3) is 5.69 Å². The molecule has 0 unspecified atom stereocenters. The van der Waals surface area contributed by atoms with Crippen molar-refractivity contribution in [3.05, 3.63) is 46.1 Å². The molecule has 1 aromatic carbocycles. The van der Waals surface area contributed by atoms with E-state index >= 15 is 0 Å². The Labute approximate surface area is 161 Å². The molecule has 0 bridgehead atoms. The van der Waals surface area contributed by atoms with Crippen molar-refractivity contribution in [3.63, 3.8) is 0 Å². The topological polar surface area (TPSA) is 38.1 Å². The number of para-hydroxylation sites is 1. The SMILES string of the molecule is CCN(C(=O)CSc1nn(-c2ccccc2)c(=S)s1)C1=CCCCC1. The van der Waals surface area contributed by atoms with E-state index in [0.717, 1.165) is 29.4 Å². The number of carbonyl (C=O) groups excluding carboxylic acids is 1. The molecule has 0 atom stereocenters. The molecule has 1 heterocycles. The molecule has 1 amide bonds. The minimum Gasteiger partial charge on any atom is -0.316 e. The lowest BCUT2D eigenvalue weighted by Gasteiger charge is -2.26. The summed E-state index contributed by atoms with van der Waals surface area (Å²) in [6.07, 6.45) is 6.69. The summed E-state index contributed by atoms with van der Waals surface area (Å²) in [5, 5.41) is 4.56. The van der Waals surface area contributed by atoms with Gasteiger partial charge in [0, 0.05) is 12.2 Å². The summed E-state index contributed by atoms with van der Waals surface area (Å²) in [6, 6.07) is 9.84. The maximum atomic E-state index is 12.6. The van der Waals surface area contributed by atoms with Gasteiger partial charge in [0.25, 0.3) is 0 Å². The van der Waals surface area contributed by atoms with E-state index in [1.54, 1.807) is 4.68 Å². The van der Waals surface area contributed by atoms with E-state index in [4.69, 9.17) is 12.2 Å². The molecule has 132 valence electrons. The van der Waals surface area contributed by atoms with Crippen molar-refractivity contribution in [3.8, 4) is 5.69 Å². The van der Waals surface area contributed by atoms with Crippen molar-refractivity contribution >= 4 is 41.2 Å². The van der Waals surface area contributed by atoms with Crippen LogP contribution < -0.4 is 0 Å². The number of benzene rings is 1. The highest BCUT2D eigenvalue weighted by atomic mass is 32.2. The molecule has 3 rings (SSSR count). The molecule has 0 N–H and O–H groups in total. The monoisotopic (exact) mass is 391 g/mol. The average Bonchev–Trinajstić information content (AvgIpc) is 3.03. The summed E-state index contributed by atoms with van der Waals surface area (Å²) in [5.41, 5.74) is 2.13. The highest BCUT2D eigenvalue weighted by Crippen LogP contribution is 2.26. The Hall–Kier alpha value is -1.44. The van der Waals surface area contributed by atoms with Crippen LogP contribution in [-0.2, 0) is 4.79 Å².